The van der Waals surface area contributed by atoms with Crippen molar-refractivity contribution in [3.05, 3.63) is 60.2 Å². The van der Waals surface area contributed by atoms with Crippen LogP contribution in [0.4, 0.5) is 11.4 Å². The van der Waals surface area contributed by atoms with Crippen molar-refractivity contribution in [1.82, 2.24) is 0 Å². The number of rotatable bonds is 1. The van der Waals surface area contributed by atoms with Gasteiger partial charge in [-0.25, -0.2) is 0 Å². The number of fused-ring (bicyclic) bond motifs is 6. The van der Waals surface area contributed by atoms with Gasteiger partial charge in [0.2, 0.25) is 11.9 Å². The predicted octanol–water partition coefficient (Wildman–Crippen LogP) is 1.94. The van der Waals surface area contributed by atoms with Crippen molar-refractivity contribution in [2.24, 2.45) is 5.28 Å². The lowest BCUT2D eigenvalue weighted by Gasteiger charge is -2.32. The number of hydrogen-bond donors (Lipinski definition) is 0. The molecule has 0 saturated carbocycles. The molecule has 2 aromatic carbocycles. The van der Waals surface area contributed by atoms with Gasteiger partial charge in [0.1, 0.15) is 17.2 Å². The largest absolute Gasteiger partial charge is 0.814 e. The summed E-state index contributed by atoms with van der Waals surface area (Å²) >= 11 is 1.49. The molecule has 3 heterocycles. The van der Waals surface area contributed by atoms with Gasteiger partial charge in [0.25, 0.3) is 5.69 Å². The van der Waals surface area contributed by atoms with Gasteiger partial charge in [-0.2, -0.15) is 0 Å². The van der Waals surface area contributed by atoms with E-state index in [4.69, 9.17) is 4.84 Å². The summed E-state index contributed by atoms with van der Waals surface area (Å²) in [6.45, 7) is 0. The minimum absolute atomic E-state index is 0.00222. The molecule has 6 nitrogen and oxygen atoms in total. The van der Waals surface area contributed by atoms with Crippen LogP contribution in [0.5, 0.6) is 0 Å². The van der Waals surface area contributed by atoms with Crippen LogP contribution in [-0.2, 0) is 9.63 Å². The minimum atomic E-state index is -1.30. The molecule has 4 atom stereocenters. The molecule has 7 heteroatoms. The Morgan fingerprint density at radius 2 is 1.88 bits per heavy atom. The second-order valence-electron chi connectivity index (χ2n) is 5.90. The number of para-hydroxylation sites is 2. The molecule has 24 heavy (non-hydrogen) atoms. The van der Waals surface area contributed by atoms with Gasteiger partial charge < -0.3 is 9.94 Å². The maximum atomic E-state index is 13.1. The normalized spacial score (nSPS) is 30.3. The van der Waals surface area contributed by atoms with Crippen molar-refractivity contribution in [1.29, 1.82) is 0 Å². The van der Waals surface area contributed by atoms with Crippen molar-refractivity contribution in [2.75, 3.05) is 4.90 Å². The van der Waals surface area contributed by atoms with Gasteiger partial charge in [0, 0.05) is 6.07 Å². The zero-order chi connectivity index (χ0) is 16.3. The third kappa shape index (κ3) is 1.79. The van der Waals surface area contributed by atoms with Crippen LogP contribution in [0, 0.1) is 0 Å². The van der Waals surface area contributed by atoms with Crippen LogP contribution >= 0.6 is 11.8 Å². The first kappa shape index (κ1) is 14.0. The fourth-order valence-corrected chi connectivity index (χ4v) is 5.07. The summed E-state index contributed by atoms with van der Waals surface area (Å²) < 4.78 is 1.63. The van der Waals surface area contributed by atoms with Crippen LogP contribution in [0.2, 0.25) is 0 Å². The standard InChI is InChI=1S/C17H13N3O3S/c21-15-14(10-6-2-1-3-7-10)24-16-13-17(22)23-18-20(13)12-9-5-4-8-11(12)19(15)16/h1-9,13-14,16-17H. The fraction of sp³-hybridized carbons (Fsp3) is 0.235. The van der Waals surface area contributed by atoms with Gasteiger partial charge >= 0.3 is 0 Å². The van der Waals surface area contributed by atoms with Crippen LogP contribution in [0.1, 0.15) is 10.8 Å². The summed E-state index contributed by atoms with van der Waals surface area (Å²) in [6, 6.07) is 16.6. The Hall–Kier alpha value is -2.38. The smallest absolute Gasteiger partial charge is 0.259 e. The van der Waals surface area contributed by atoms with Gasteiger partial charge in [-0.05, 0) is 16.3 Å². The second-order valence-corrected chi connectivity index (χ2v) is 7.13. The van der Waals surface area contributed by atoms with E-state index < -0.39 is 12.3 Å². The maximum absolute atomic E-state index is 13.1. The van der Waals surface area contributed by atoms with E-state index in [1.54, 1.807) is 9.60 Å². The summed E-state index contributed by atoms with van der Waals surface area (Å²) in [5.41, 5.74) is 2.46. The van der Waals surface area contributed by atoms with Crippen molar-refractivity contribution in [2.45, 2.75) is 23.0 Å². The van der Waals surface area contributed by atoms with E-state index >= 15 is 0 Å². The molecule has 0 spiro atoms. The van der Waals surface area contributed by atoms with E-state index in [0.717, 1.165) is 16.9 Å². The van der Waals surface area contributed by atoms with Gasteiger partial charge in [0.05, 0.1) is 0 Å². The lowest BCUT2D eigenvalue weighted by atomic mass is 10.1. The predicted molar refractivity (Wildman–Crippen MR) is 85.5 cm³/mol. The van der Waals surface area contributed by atoms with Crippen LogP contribution in [0.15, 0.2) is 59.9 Å². The van der Waals surface area contributed by atoms with E-state index in [-0.39, 0.29) is 16.5 Å². The molecule has 5 rings (SSSR count). The Labute approximate surface area is 142 Å². The number of thioether (sulfide) groups is 1. The Morgan fingerprint density at radius 1 is 1.12 bits per heavy atom. The van der Waals surface area contributed by atoms with Crippen molar-refractivity contribution >= 4 is 29.0 Å². The van der Waals surface area contributed by atoms with E-state index in [1.165, 1.54) is 11.8 Å². The Morgan fingerprint density at radius 3 is 2.71 bits per heavy atom. The molecule has 3 aliphatic rings. The first-order valence-corrected chi connectivity index (χ1v) is 8.64. The van der Waals surface area contributed by atoms with Crippen LogP contribution in [0.25, 0.3) is 0 Å². The highest BCUT2D eigenvalue weighted by atomic mass is 32.2. The molecule has 1 saturated heterocycles. The number of hydrogen-bond acceptors (Lipinski definition) is 5. The number of amides is 1. The summed E-state index contributed by atoms with van der Waals surface area (Å²) in [4.78, 5) is 19.8. The Balaban J connectivity index is 1.65. The molecule has 1 amide bonds. The SMILES string of the molecule is O=C1C(c2ccccc2)SC2C3C([O-])ON=[N+]3c3ccccc3N12. The highest BCUT2D eigenvalue weighted by Crippen LogP contribution is 2.52. The molecule has 2 aromatic rings. The summed E-state index contributed by atoms with van der Waals surface area (Å²) in [5, 5.41) is 15.6. The maximum Gasteiger partial charge on any atom is 0.259 e. The number of anilines is 1. The zero-order valence-electron chi connectivity index (χ0n) is 12.5. The van der Waals surface area contributed by atoms with Crippen LogP contribution in [0.3, 0.4) is 0 Å². The summed E-state index contributed by atoms with van der Waals surface area (Å²) in [7, 11) is 0. The van der Waals surface area contributed by atoms with E-state index in [0.29, 0.717) is 0 Å². The Bertz CT molecular complexity index is 857. The molecule has 4 unspecified atom stereocenters. The third-order valence-corrected chi connectivity index (χ3v) is 6.09. The number of carbonyl (C=O) groups excluding carboxylic acids is 1. The number of nitrogens with zero attached hydrogens (tertiary/aromatic N) is 3. The van der Waals surface area contributed by atoms with Crippen LogP contribution in [-0.4, -0.2) is 28.3 Å². The third-order valence-electron chi connectivity index (χ3n) is 4.57. The van der Waals surface area contributed by atoms with Crippen LogP contribution < -0.4 is 10.0 Å². The molecule has 0 aromatic heterocycles. The molecular weight excluding hydrogens is 326 g/mol. The molecule has 0 N–H and O–H groups in total. The van der Waals surface area contributed by atoms with Gasteiger partial charge in [-0.15, -0.1) is 11.8 Å². The lowest BCUT2D eigenvalue weighted by Crippen LogP contribution is -2.54. The quantitative estimate of drug-likeness (QED) is 0.745. The van der Waals surface area contributed by atoms with Crippen molar-refractivity contribution in [3.63, 3.8) is 0 Å². The molecule has 1 fully saturated rings. The first-order valence-electron chi connectivity index (χ1n) is 7.70. The van der Waals surface area contributed by atoms with Gasteiger partial charge in [-0.3, -0.25) is 9.69 Å². The minimum Gasteiger partial charge on any atom is -0.814 e. The van der Waals surface area contributed by atoms with Crippen molar-refractivity contribution in [3.8, 4) is 0 Å². The summed E-state index contributed by atoms with van der Waals surface area (Å²) in [5.74, 6) is 0.00222. The number of carbonyl (C=O) groups is 1. The lowest BCUT2D eigenvalue weighted by molar-refractivity contribution is -0.576. The molecule has 3 aliphatic heterocycles. The van der Waals surface area contributed by atoms with E-state index in [2.05, 4.69) is 5.28 Å². The average molecular weight is 339 g/mol. The molecular formula is C17H13N3O3S. The highest BCUT2D eigenvalue weighted by molar-refractivity contribution is 8.01. The van der Waals surface area contributed by atoms with E-state index in [9.17, 15) is 9.90 Å². The Kier molecular flexibility index (Phi) is 2.95. The van der Waals surface area contributed by atoms with Crippen molar-refractivity contribution < 1.29 is 19.4 Å². The molecule has 120 valence electrons. The average Bonchev–Trinajstić information content (AvgIpc) is 3.17. The zero-order valence-corrected chi connectivity index (χ0v) is 13.3. The van der Waals surface area contributed by atoms with Gasteiger partial charge in [-0.1, -0.05) is 42.5 Å². The van der Waals surface area contributed by atoms with Gasteiger partial charge in [0.15, 0.2) is 10.7 Å². The number of benzene rings is 2. The highest BCUT2D eigenvalue weighted by Gasteiger charge is 2.58. The topological polar surface area (TPSA) is 68.0 Å². The molecule has 0 bridgehead atoms. The monoisotopic (exact) mass is 339 g/mol. The molecule has 0 radical (unpaired) electrons. The van der Waals surface area contributed by atoms with E-state index in [1.807, 2.05) is 54.6 Å². The second kappa shape index (κ2) is 5.06. The molecule has 0 aliphatic carbocycles. The first-order chi connectivity index (χ1) is 11.8. The fourth-order valence-electron chi connectivity index (χ4n) is 3.50. The summed E-state index contributed by atoms with van der Waals surface area (Å²) in [6.07, 6.45) is -1.30.